The summed E-state index contributed by atoms with van der Waals surface area (Å²) in [4.78, 5) is 16.1. The molecule has 0 fully saturated rings. The predicted octanol–water partition coefficient (Wildman–Crippen LogP) is 3.25. The van der Waals surface area contributed by atoms with Gasteiger partial charge in [0.2, 0.25) is 0 Å². The van der Waals surface area contributed by atoms with Gasteiger partial charge in [0, 0.05) is 18.5 Å². The first-order chi connectivity index (χ1) is 9.19. The Morgan fingerprint density at radius 2 is 2.05 bits per heavy atom. The first kappa shape index (κ1) is 12.2. The largest absolute Gasteiger partial charge is 0.325 e. The fraction of sp³-hybridized carbons (Fsp3) is 0.375. The number of carbonyl (C=O) groups excluding carboxylic acids is 1. The molecule has 1 aliphatic rings. The SMILES string of the molecule is Cc1ccc(-c2nc3n(c2C=O)CCC(C)C3)cc1. The molecule has 0 bridgehead atoms. The van der Waals surface area contributed by atoms with E-state index in [1.165, 1.54) is 5.56 Å². The van der Waals surface area contributed by atoms with Crippen molar-refractivity contribution in [2.75, 3.05) is 0 Å². The molecule has 1 unspecified atom stereocenters. The van der Waals surface area contributed by atoms with E-state index in [-0.39, 0.29) is 0 Å². The van der Waals surface area contributed by atoms with E-state index in [1.54, 1.807) is 0 Å². The lowest BCUT2D eigenvalue weighted by Crippen LogP contribution is -2.18. The number of hydrogen-bond donors (Lipinski definition) is 0. The molecule has 1 aromatic heterocycles. The third-order valence-corrected chi connectivity index (χ3v) is 3.90. The van der Waals surface area contributed by atoms with Gasteiger partial charge in [0.1, 0.15) is 11.5 Å². The Hall–Kier alpha value is -1.90. The third kappa shape index (κ3) is 2.09. The number of rotatable bonds is 2. The van der Waals surface area contributed by atoms with Crippen LogP contribution in [-0.2, 0) is 13.0 Å². The van der Waals surface area contributed by atoms with Gasteiger partial charge in [-0.05, 0) is 19.3 Å². The number of benzene rings is 1. The van der Waals surface area contributed by atoms with Crippen LogP contribution >= 0.6 is 0 Å². The van der Waals surface area contributed by atoms with Crippen LogP contribution < -0.4 is 0 Å². The number of carbonyl (C=O) groups is 1. The van der Waals surface area contributed by atoms with E-state index >= 15 is 0 Å². The van der Waals surface area contributed by atoms with Crippen LogP contribution in [0.1, 0.15) is 35.2 Å². The topological polar surface area (TPSA) is 34.9 Å². The quantitative estimate of drug-likeness (QED) is 0.771. The Kier molecular flexibility index (Phi) is 2.97. The van der Waals surface area contributed by atoms with E-state index in [1.807, 2.05) is 12.1 Å². The Morgan fingerprint density at radius 3 is 2.74 bits per heavy atom. The first-order valence-corrected chi connectivity index (χ1v) is 6.80. The van der Waals surface area contributed by atoms with Crippen LogP contribution in [0.25, 0.3) is 11.3 Å². The monoisotopic (exact) mass is 254 g/mol. The summed E-state index contributed by atoms with van der Waals surface area (Å²) in [6, 6.07) is 8.20. The average Bonchev–Trinajstić information content (AvgIpc) is 2.77. The van der Waals surface area contributed by atoms with Gasteiger partial charge >= 0.3 is 0 Å². The molecule has 1 aliphatic heterocycles. The van der Waals surface area contributed by atoms with E-state index in [2.05, 4.69) is 30.5 Å². The number of nitrogens with zero attached hydrogens (tertiary/aromatic N) is 2. The Labute approximate surface area is 113 Å². The summed E-state index contributed by atoms with van der Waals surface area (Å²) in [5.74, 6) is 1.71. The molecule has 3 heteroatoms. The van der Waals surface area contributed by atoms with Gasteiger partial charge in [-0.15, -0.1) is 0 Å². The number of aldehydes is 1. The molecule has 0 aliphatic carbocycles. The standard InChI is InChI=1S/C16H18N2O/c1-11-3-5-13(6-4-11)16-14(10-19)18-8-7-12(2)9-15(18)17-16/h3-6,10,12H,7-9H2,1-2H3. The van der Waals surface area contributed by atoms with E-state index in [0.29, 0.717) is 5.92 Å². The number of aromatic nitrogens is 2. The maximum atomic E-state index is 11.4. The van der Waals surface area contributed by atoms with Crippen LogP contribution in [0.15, 0.2) is 24.3 Å². The zero-order chi connectivity index (χ0) is 13.4. The minimum atomic E-state index is 0.653. The van der Waals surface area contributed by atoms with Crippen LogP contribution in [0.4, 0.5) is 0 Å². The highest BCUT2D eigenvalue weighted by molar-refractivity contribution is 5.84. The van der Waals surface area contributed by atoms with Crippen molar-refractivity contribution in [3.8, 4) is 11.3 Å². The second-order valence-corrected chi connectivity index (χ2v) is 5.50. The van der Waals surface area contributed by atoms with Crippen molar-refractivity contribution in [1.29, 1.82) is 0 Å². The minimum absolute atomic E-state index is 0.653. The molecule has 0 saturated heterocycles. The van der Waals surface area contributed by atoms with Crippen molar-refractivity contribution in [3.63, 3.8) is 0 Å². The van der Waals surface area contributed by atoms with Crippen LogP contribution in [0.5, 0.6) is 0 Å². The molecule has 0 radical (unpaired) electrons. The second-order valence-electron chi connectivity index (χ2n) is 5.50. The van der Waals surface area contributed by atoms with Crippen molar-refractivity contribution in [2.45, 2.75) is 33.2 Å². The van der Waals surface area contributed by atoms with E-state index < -0.39 is 0 Å². The smallest absolute Gasteiger partial charge is 0.168 e. The lowest BCUT2D eigenvalue weighted by Gasteiger charge is -2.20. The zero-order valence-corrected chi connectivity index (χ0v) is 11.4. The molecule has 0 amide bonds. The van der Waals surface area contributed by atoms with Gasteiger partial charge in [-0.25, -0.2) is 4.98 Å². The molecule has 19 heavy (non-hydrogen) atoms. The number of aryl methyl sites for hydroxylation is 1. The molecule has 0 saturated carbocycles. The lowest BCUT2D eigenvalue weighted by molar-refractivity contribution is 0.111. The van der Waals surface area contributed by atoms with E-state index in [0.717, 1.165) is 48.4 Å². The Bertz CT molecular complexity index is 610. The highest BCUT2D eigenvalue weighted by Gasteiger charge is 2.23. The molecule has 0 spiro atoms. The van der Waals surface area contributed by atoms with Crippen molar-refractivity contribution in [1.82, 2.24) is 9.55 Å². The van der Waals surface area contributed by atoms with Gasteiger partial charge < -0.3 is 4.57 Å². The summed E-state index contributed by atoms with van der Waals surface area (Å²) in [6.45, 7) is 5.21. The van der Waals surface area contributed by atoms with Crippen LogP contribution in [0.3, 0.4) is 0 Å². The molecule has 3 nitrogen and oxygen atoms in total. The minimum Gasteiger partial charge on any atom is -0.325 e. The van der Waals surface area contributed by atoms with Gasteiger partial charge in [0.25, 0.3) is 0 Å². The molecule has 98 valence electrons. The van der Waals surface area contributed by atoms with Gasteiger partial charge in [-0.2, -0.15) is 0 Å². The first-order valence-electron chi connectivity index (χ1n) is 6.80. The molecule has 2 heterocycles. The molecule has 3 rings (SSSR count). The molecule has 1 atom stereocenters. The number of hydrogen-bond acceptors (Lipinski definition) is 2. The maximum Gasteiger partial charge on any atom is 0.168 e. The van der Waals surface area contributed by atoms with Gasteiger partial charge in [0.15, 0.2) is 6.29 Å². The highest BCUT2D eigenvalue weighted by Crippen LogP contribution is 2.28. The average molecular weight is 254 g/mol. The summed E-state index contributed by atoms with van der Waals surface area (Å²) in [5.41, 5.74) is 3.81. The van der Waals surface area contributed by atoms with E-state index in [9.17, 15) is 4.79 Å². The zero-order valence-electron chi connectivity index (χ0n) is 11.4. The van der Waals surface area contributed by atoms with Crippen LogP contribution in [0.2, 0.25) is 0 Å². The molecular weight excluding hydrogens is 236 g/mol. The van der Waals surface area contributed by atoms with Gasteiger partial charge in [-0.3, -0.25) is 4.79 Å². The summed E-state index contributed by atoms with van der Waals surface area (Å²) < 4.78 is 2.09. The molecule has 0 N–H and O–H groups in total. The third-order valence-electron chi connectivity index (χ3n) is 3.90. The Balaban J connectivity index is 2.11. The predicted molar refractivity (Wildman–Crippen MR) is 75.3 cm³/mol. The summed E-state index contributed by atoms with van der Waals surface area (Å²) >= 11 is 0. The maximum absolute atomic E-state index is 11.4. The summed E-state index contributed by atoms with van der Waals surface area (Å²) in [6.07, 6.45) is 3.03. The molecule has 2 aromatic rings. The van der Waals surface area contributed by atoms with Gasteiger partial charge in [-0.1, -0.05) is 36.8 Å². The summed E-state index contributed by atoms with van der Waals surface area (Å²) in [5, 5.41) is 0. The normalized spacial score (nSPS) is 18.1. The van der Waals surface area contributed by atoms with Crippen molar-refractivity contribution in [3.05, 3.63) is 41.3 Å². The molecular formula is C16H18N2O. The summed E-state index contributed by atoms with van der Waals surface area (Å²) in [7, 11) is 0. The van der Waals surface area contributed by atoms with Crippen molar-refractivity contribution >= 4 is 6.29 Å². The van der Waals surface area contributed by atoms with Crippen LogP contribution in [0, 0.1) is 12.8 Å². The fourth-order valence-corrected chi connectivity index (χ4v) is 2.73. The Morgan fingerprint density at radius 1 is 1.32 bits per heavy atom. The molecule has 1 aromatic carbocycles. The van der Waals surface area contributed by atoms with Crippen molar-refractivity contribution in [2.24, 2.45) is 5.92 Å². The number of fused-ring (bicyclic) bond motifs is 1. The number of imidazole rings is 1. The highest BCUT2D eigenvalue weighted by atomic mass is 16.1. The van der Waals surface area contributed by atoms with Gasteiger partial charge in [0.05, 0.1) is 5.69 Å². The van der Waals surface area contributed by atoms with Crippen LogP contribution in [-0.4, -0.2) is 15.8 Å². The second kappa shape index (κ2) is 4.65. The van der Waals surface area contributed by atoms with E-state index in [4.69, 9.17) is 4.98 Å². The lowest BCUT2D eigenvalue weighted by atomic mass is 10.0. The fourth-order valence-electron chi connectivity index (χ4n) is 2.73. The van der Waals surface area contributed by atoms with Crippen molar-refractivity contribution < 1.29 is 4.79 Å².